The van der Waals surface area contributed by atoms with Crippen LogP contribution in [0.4, 0.5) is 10.6 Å². The molecule has 13 nitrogen and oxygen atoms in total. The molecule has 0 aromatic carbocycles. The lowest BCUT2D eigenvalue weighted by Gasteiger charge is -2.26. The van der Waals surface area contributed by atoms with Crippen molar-refractivity contribution in [2.24, 2.45) is 11.8 Å². The number of anilines is 1. The van der Waals surface area contributed by atoms with E-state index in [1.54, 1.807) is 6.92 Å². The molecule has 13 heteroatoms. The number of methoxy groups -OCH3 is 1. The third-order valence-electron chi connectivity index (χ3n) is 6.73. The highest BCUT2D eigenvalue weighted by Gasteiger charge is 2.47. The van der Waals surface area contributed by atoms with Crippen LogP contribution in [-0.4, -0.2) is 80.4 Å². The van der Waals surface area contributed by atoms with Crippen LogP contribution in [0.15, 0.2) is 6.33 Å². The minimum absolute atomic E-state index is 0. The van der Waals surface area contributed by atoms with Crippen molar-refractivity contribution in [3.8, 4) is 11.8 Å². The van der Waals surface area contributed by atoms with E-state index in [2.05, 4.69) is 36.8 Å². The predicted octanol–water partition coefficient (Wildman–Crippen LogP) is 1.13. The maximum atomic E-state index is 12.2. The van der Waals surface area contributed by atoms with Crippen molar-refractivity contribution in [3.63, 3.8) is 0 Å². The Balaban J connectivity index is 0.00000400. The quantitative estimate of drug-likeness (QED) is 0.309. The summed E-state index contributed by atoms with van der Waals surface area (Å²) in [5, 5.41) is 23.5. The van der Waals surface area contributed by atoms with Gasteiger partial charge in [-0.15, -0.1) is 0 Å². The molecule has 2 aromatic rings. The van der Waals surface area contributed by atoms with Gasteiger partial charge in [0.1, 0.15) is 17.7 Å². The number of amides is 1. The first-order valence-corrected chi connectivity index (χ1v) is 12.3. The molecule has 2 fully saturated rings. The lowest BCUT2D eigenvalue weighted by atomic mass is 9.81. The number of aliphatic hydroxyl groups is 2. The van der Waals surface area contributed by atoms with Gasteiger partial charge in [-0.2, -0.15) is 0 Å². The van der Waals surface area contributed by atoms with Gasteiger partial charge in [0, 0.05) is 13.0 Å². The molecule has 4 atom stereocenters. The topological polar surface area (TPSA) is 184 Å². The molecule has 0 radical (unpaired) electrons. The Kier molecular flexibility index (Phi) is 9.84. The molecule has 1 aliphatic carbocycles. The number of aromatic nitrogens is 4. The Morgan fingerprint density at radius 1 is 1.21 bits per heavy atom. The van der Waals surface area contributed by atoms with Gasteiger partial charge in [-0.05, 0) is 50.4 Å². The number of likely N-dealkylation sites (N-methyl/N-ethyl adjacent to an activating group) is 1. The normalized spacial score (nSPS) is 26.6. The third-order valence-corrected chi connectivity index (χ3v) is 6.73. The van der Waals surface area contributed by atoms with E-state index in [4.69, 9.17) is 15.2 Å². The number of fused-ring (bicyclic) bond motifs is 1. The van der Waals surface area contributed by atoms with Crippen LogP contribution in [0.25, 0.3) is 11.2 Å². The summed E-state index contributed by atoms with van der Waals surface area (Å²) in [4.78, 5) is 36.2. The molecule has 38 heavy (non-hydrogen) atoms. The van der Waals surface area contributed by atoms with Gasteiger partial charge in [0.15, 0.2) is 23.8 Å². The van der Waals surface area contributed by atoms with Gasteiger partial charge >= 0.3 is 6.16 Å². The minimum atomic E-state index is -1.42. The Morgan fingerprint density at radius 2 is 1.92 bits per heavy atom. The molecule has 2 aromatic heterocycles. The SMILES string of the molecule is C.CCNC(=O)[C@H]1O[C@@H](n2cnc3c(N)nc(C#CCC4CCC(COC(=O)OC)CC4)nc32)C(O)[C@H]1O. The van der Waals surface area contributed by atoms with Crippen molar-refractivity contribution in [2.45, 2.75) is 71.0 Å². The number of hydrogen-bond donors (Lipinski definition) is 4. The largest absolute Gasteiger partial charge is 0.507 e. The van der Waals surface area contributed by atoms with Crippen molar-refractivity contribution >= 4 is 29.0 Å². The molecule has 1 saturated carbocycles. The van der Waals surface area contributed by atoms with Crippen LogP contribution < -0.4 is 11.1 Å². The van der Waals surface area contributed by atoms with Gasteiger partial charge in [-0.25, -0.2) is 19.7 Å². The molecule has 2 aliphatic rings. The van der Waals surface area contributed by atoms with Gasteiger partial charge in [0.25, 0.3) is 5.91 Å². The summed E-state index contributed by atoms with van der Waals surface area (Å²) >= 11 is 0. The van der Waals surface area contributed by atoms with E-state index in [1.807, 2.05) is 0 Å². The highest BCUT2D eigenvalue weighted by Crippen LogP contribution is 2.33. The van der Waals surface area contributed by atoms with Crippen LogP contribution in [0.5, 0.6) is 0 Å². The van der Waals surface area contributed by atoms with E-state index in [1.165, 1.54) is 18.0 Å². The number of nitrogen functional groups attached to an aromatic ring is 1. The molecule has 0 spiro atoms. The molecular weight excluding hydrogens is 496 g/mol. The molecular formula is C25H36N6O7. The summed E-state index contributed by atoms with van der Waals surface area (Å²) < 4.78 is 16.7. The molecule has 3 heterocycles. The van der Waals surface area contributed by atoms with Crippen LogP contribution in [0, 0.1) is 23.7 Å². The van der Waals surface area contributed by atoms with Crippen molar-refractivity contribution in [1.82, 2.24) is 24.8 Å². The number of nitrogens with zero attached hydrogens (tertiary/aromatic N) is 4. The zero-order chi connectivity index (χ0) is 26.5. The van der Waals surface area contributed by atoms with Crippen LogP contribution >= 0.6 is 0 Å². The lowest BCUT2D eigenvalue weighted by Crippen LogP contribution is -2.42. The number of nitrogens with two attached hydrogens (primary N) is 1. The molecule has 4 rings (SSSR count). The van der Waals surface area contributed by atoms with Crippen molar-refractivity contribution < 1.29 is 34.0 Å². The molecule has 1 unspecified atom stereocenters. The maximum absolute atomic E-state index is 12.2. The summed E-state index contributed by atoms with van der Waals surface area (Å²) in [5.74, 6) is 6.63. The van der Waals surface area contributed by atoms with Crippen molar-refractivity contribution in [3.05, 3.63) is 12.2 Å². The average molecular weight is 533 g/mol. The number of hydrogen-bond acceptors (Lipinski definition) is 11. The molecule has 1 saturated heterocycles. The maximum Gasteiger partial charge on any atom is 0.507 e. The summed E-state index contributed by atoms with van der Waals surface area (Å²) in [6.07, 6.45) is 0.0896. The fraction of sp³-hybridized carbons (Fsp3) is 0.640. The smallest absolute Gasteiger partial charge is 0.438 e. The second kappa shape index (κ2) is 12.9. The van der Waals surface area contributed by atoms with Gasteiger partial charge in [-0.1, -0.05) is 13.3 Å². The zero-order valence-electron chi connectivity index (χ0n) is 20.8. The monoisotopic (exact) mass is 532 g/mol. The molecule has 1 amide bonds. The fourth-order valence-electron chi connectivity index (χ4n) is 4.68. The first-order valence-electron chi connectivity index (χ1n) is 12.3. The molecule has 1 aliphatic heterocycles. The van der Waals surface area contributed by atoms with Crippen LogP contribution in [0.2, 0.25) is 0 Å². The van der Waals surface area contributed by atoms with Crippen LogP contribution in [-0.2, 0) is 19.0 Å². The van der Waals surface area contributed by atoms with E-state index < -0.39 is 36.6 Å². The summed E-state index contributed by atoms with van der Waals surface area (Å²) in [5.41, 5.74) is 6.65. The van der Waals surface area contributed by atoms with Gasteiger partial charge in [0.2, 0.25) is 5.82 Å². The molecule has 208 valence electrons. The Hall–Kier alpha value is -3.47. The average Bonchev–Trinajstić information content (AvgIpc) is 3.44. The Labute approximate surface area is 221 Å². The van der Waals surface area contributed by atoms with Gasteiger partial charge in [0.05, 0.1) is 20.0 Å². The lowest BCUT2D eigenvalue weighted by molar-refractivity contribution is -0.137. The number of ether oxygens (including phenoxy) is 3. The number of rotatable bonds is 6. The number of aliphatic hydroxyl groups excluding tert-OH is 2. The van der Waals surface area contributed by atoms with Crippen molar-refractivity contribution in [2.75, 3.05) is 26.0 Å². The molecule has 5 N–H and O–H groups in total. The van der Waals surface area contributed by atoms with Crippen LogP contribution in [0.3, 0.4) is 0 Å². The van der Waals surface area contributed by atoms with E-state index in [-0.39, 0.29) is 24.7 Å². The highest BCUT2D eigenvalue weighted by atomic mass is 16.7. The number of imidazole rings is 1. The number of nitrogens with one attached hydrogen (secondary N) is 1. The van der Waals surface area contributed by atoms with E-state index in [9.17, 15) is 19.8 Å². The van der Waals surface area contributed by atoms with Gasteiger partial charge in [-0.3, -0.25) is 9.36 Å². The van der Waals surface area contributed by atoms with E-state index >= 15 is 0 Å². The number of carbonyl (C=O) groups is 2. The summed E-state index contributed by atoms with van der Waals surface area (Å²) in [6.45, 7) is 2.47. The van der Waals surface area contributed by atoms with Crippen molar-refractivity contribution in [1.29, 1.82) is 0 Å². The second-order valence-electron chi connectivity index (χ2n) is 9.24. The first-order chi connectivity index (χ1) is 17.8. The van der Waals surface area contributed by atoms with Gasteiger partial charge < -0.3 is 35.5 Å². The molecule has 0 bridgehead atoms. The Bertz CT molecular complexity index is 1180. The predicted molar refractivity (Wildman–Crippen MR) is 136 cm³/mol. The second-order valence-corrected chi connectivity index (χ2v) is 9.24. The van der Waals surface area contributed by atoms with Crippen LogP contribution in [0.1, 0.15) is 58.5 Å². The first kappa shape index (κ1) is 29.1. The minimum Gasteiger partial charge on any atom is -0.438 e. The zero-order valence-corrected chi connectivity index (χ0v) is 20.8. The van der Waals surface area contributed by atoms with E-state index in [0.717, 1.165) is 25.7 Å². The summed E-state index contributed by atoms with van der Waals surface area (Å²) in [6, 6.07) is 0. The Morgan fingerprint density at radius 3 is 2.61 bits per heavy atom. The van der Waals surface area contributed by atoms with E-state index in [0.29, 0.717) is 36.9 Å². The number of carbonyl (C=O) groups excluding carboxylic acids is 2. The third kappa shape index (κ3) is 6.32. The highest BCUT2D eigenvalue weighted by molar-refractivity contribution is 5.83. The standard InChI is InChI=1S/C24H32N6O7.CH4/c1-3-26-22(33)19-17(31)18(32)23(37-19)30-12-27-16-20(25)28-15(29-21(16)30)6-4-5-13-7-9-14(10-8-13)11-36-24(34)35-2;/h12-14,17-19,23,31-32H,3,5,7-11H2,1-2H3,(H,26,33)(H2,25,28,29);1H4/t13?,14?,17-,18?,19+,23-;/m1./s1. The fourth-order valence-corrected chi connectivity index (χ4v) is 4.68. The summed E-state index contributed by atoms with van der Waals surface area (Å²) in [7, 11) is 1.29.